The summed E-state index contributed by atoms with van der Waals surface area (Å²) in [5.74, 6) is -0.568. The van der Waals surface area contributed by atoms with Crippen molar-refractivity contribution in [3.63, 3.8) is 0 Å². The van der Waals surface area contributed by atoms with Gasteiger partial charge in [0.05, 0.1) is 6.10 Å². The maximum absolute atomic E-state index is 11.7. The summed E-state index contributed by atoms with van der Waals surface area (Å²) in [4.78, 5) is 11.7. The van der Waals surface area contributed by atoms with Gasteiger partial charge in [-0.15, -0.1) is 0 Å². The fourth-order valence-corrected chi connectivity index (χ4v) is 1.58. The minimum absolute atomic E-state index is 0.129. The third kappa shape index (κ3) is 6.10. The summed E-state index contributed by atoms with van der Waals surface area (Å²) in [5, 5.41) is 21.3. The summed E-state index contributed by atoms with van der Waals surface area (Å²) in [6, 6.07) is 3.81. The minimum atomic E-state index is -0.309. The molecule has 106 valence electrons. The van der Waals surface area contributed by atoms with E-state index in [9.17, 15) is 15.0 Å². The normalized spacial score (nSPS) is 10.7. The Labute approximate surface area is 113 Å². The van der Waals surface area contributed by atoms with Crippen molar-refractivity contribution < 1.29 is 19.7 Å². The van der Waals surface area contributed by atoms with Gasteiger partial charge in [-0.2, -0.15) is 0 Å². The van der Waals surface area contributed by atoms with E-state index in [1.54, 1.807) is 0 Å². The molecule has 0 unspecified atom stereocenters. The average molecular weight is 267 g/mol. The second-order valence-electron chi connectivity index (χ2n) is 4.62. The summed E-state index contributed by atoms with van der Waals surface area (Å²) >= 11 is 0. The number of phenolic OH excluding ortho intramolecular Hbond substituents is 2. The topological polar surface area (TPSA) is 78.8 Å². The van der Waals surface area contributed by atoms with Gasteiger partial charge in [0.15, 0.2) is 0 Å². The molecule has 1 rings (SSSR count). The number of aromatic hydroxyl groups is 2. The van der Waals surface area contributed by atoms with Crippen LogP contribution >= 0.6 is 0 Å². The molecule has 0 aromatic heterocycles. The Kier molecular flexibility index (Phi) is 6.15. The van der Waals surface area contributed by atoms with Crippen LogP contribution in [0.5, 0.6) is 11.5 Å². The zero-order valence-corrected chi connectivity index (χ0v) is 11.3. The van der Waals surface area contributed by atoms with Crippen molar-refractivity contribution in [2.45, 2.75) is 32.8 Å². The third-order valence-electron chi connectivity index (χ3n) is 2.47. The number of benzene rings is 1. The van der Waals surface area contributed by atoms with Crippen molar-refractivity contribution in [2.75, 3.05) is 13.2 Å². The van der Waals surface area contributed by atoms with Crippen LogP contribution in [0.1, 0.15) is 37.0 Å². The smallest absolute Gasteiger partial charge is 0.251 e. The Balaban J connectivity index is 2.27. The summed E-state index contributed by atoms with van der Waals surface area (Å²) in [7, 11) is 0. The summed E-state index contributed by atoms with van der Waals surface area (Å²) in [6.45, 7) is 5.18. The highest BCUT2D eigenvalue weighted by Gasteiger charge is 2.07. The van der Waals surface area contributed by atoms with Gasteiger partial charge in [0.25, 0.3) is 5.91 Å². The van der Waals surface area contributed by atoms with Gasteiger partial charge in [0.1, 0.15) is 11.5 Å². The molecule has 5 nitrogen and oxygen atoms in total. The van der Waals surface area contributed by atoms with E-state index >= 15 is 0 Å². The number of rotatable bonds is 7. The first kappa shape index (κ1) is 15.3. The number of phenols is 2. The van der Waals surface area contributed by atoms with E-state index in [1.807, 2.05) is 13.8 Å². The molecule has 0 atom stereocenters. The molecule has 0 heterocycles. The first-order valence-electron chi connectivity index (χ1n) is 6.42. The van der Waals surface area contributed by atoms with E-state index in [2.05, 4.69) is 5.32 Å². The molecule has 0 aliphatic rings. The number of carbonyl (C=O) groups is 1. The van der Waals surface area contributed by atoms with Crippen molar-refractivity contribution in [2.24, 2.45) is 0 Å². The van der Waals surface area contributed by atoms with Crippen LogP contribution in [-0.2, 0) is 4.74 Å². The standard InChI is InChI=1S/C14H21NO4/c1-10(2)19-6-4-3-5-15-14(18)11-7-12(16)9-13(17)8-11/h7-10,16-17H,3-6H2,1-2H3,(H,15,18). The molecule has 1 aromatic carbocycles. The van der Waals surface area contributed by atoms with Crippen molar-refractivity contribution in [1.29, 1.82) is 0 Å². The maximum Gasteiger partial charge on any atom is 0.251 e. The molecule has 0 bridgehead atoms. The molecular weight excluding hydrogens is 246 g/mol. The highest BCUT2D eigenvalue weighted by molar-refractivity contribution is 5.94. The predicted molar refractivity (Wildman–Crippen MR) is 72.4 cm³/mol. The molecule has 0 radical (unpaired) electrons. The Bertz CT molecular complexity index is 398. The Hall–Kier alpha value is -1.75. The SMILES string of the molecule is CC(C)OCCCCNC(=O)c1cc(O)cc(O)c1. The molecule has 0 aliphatic carbocycles. The van der Waals surface area contributed by atoms with Gasteiger partial charge in [0, 0.05) is 24.8 Å². The van der Waals surface area contributed by atoms with E-state index in [-0.39, 0.29) is 29.1 Å². The van der Waals surface area contributed by atoms with Gasteiger partial charge < -0.3 is 20.3 Å². The van der Waals surface area contributed by atoms with Crippen LogP contribution in [0.4, 0.5) is 0 Å². The van der Waals surface area contributed by atoms with Crippen LogP contribution in [0.25, 0.3) is 0 Å². The van der Waals surface area contributed by atoms with E-state index in [4.69, 9.17) is 4.74 Å². The molecule has 1 aromatic rings. The van der Waals surface area contributed by atoms with Crippen molar-refractivity contribution in [3.8, 4) is 11.5 Å². The molecule has 5 heteroatoms. The number of carbonyl (C=O) groups excluding carboxylic acids is 1. The number of amides is 1. The van der Waals surface area contributed by atoms with Gasteiger partial charge in [-0.05, 0) is 38.8 Å². The number of ether oxygens (including phenoxy) is 1. The van der Waals surface area contributed by atoms with E-state index in [0.29, 0.717) is 13.2 Å². The first-order chi connectivity index (χ1) is 8.99. The quantitative estimate of drug-likeness (QED) is 0.660. The molecule has 1 amide bonds. The molecule has 0 aliphatic heterocycles. The van der Waals surface area contributed by atoms with Gasteiger partial charge >= 0.3 is 0 Å². The highest BCUT2D eigenvalue weighted by atomic mass is 16.5. The highest BCUT2D eigenvalue weighted by Crippen LogP contribution is 2.20. The zero-order valence-electron chi connectivity index (χ0n) is 11.3. The first-order valence-corrected chi connectivity index (χ1v) is 6.42. The van der Waals surface area contributed by atoms with E-state index < -0.39 is 0 Å². The molecule has 0 spiro atoms. The van der Waals surface area contributed by atoms with Crippen LogP contribution in [0.15, 0.2) is 18.2 Å². The fraction of sp³-hybridized carbons (Fsp3) is 0.500. The van der Waals surface area contributed by atoms with Gasteiger partial charge in [-0.1, -0.05) is 0 Å². The molecule has 0 fully saturated rings. The number of hydrogen-bond donors (Lipinski definition) is 3. The minimum Gasteiger partial charge on any atom is -0.508 e. The Morgan fingerprint density at radius 3 is 2.42 bits per heavy atom. The average Bonchev–Trinajstić information content (AvgIpc) is 2.31. The van der Waals surface area contributed by atoms with Gasteiger partial charge in [-0.25, -0.2) is 0 Å². The fourth-order valence-electron chi connectivity index (χ4n) is 1.58. The monoisotopic (exact) mass is 267 g/mol. The van der Waals surface area contributed by atoms with Crippen LogP contribution in [0, 0.1) is 0 Å². The van der Waals surface area contributed by atoms with Crippen molar-refractivity contribution in [1.82, 2.24) is 5.32 Å². The molecule has 0 saturated heterocycles. The Morgan fingerprint density at radius 2 is 1.84 bits per heavy atom. The molecule has 19 heavy (non-hydrogen) atoms. The maximum atomic E-state index is 11.7. The number of unbranched alkanes of at least 4 members (excludes halogenated alkanes) is 1. The van der Waals surface area contributed by atoms with Crippen LogP contribution in [0.3, 0.4) is 0 Å². The lowest BCUT2D eigenvalue weighted by atomic mass is 10.2. The van der Waals surface area contributed by atoms with Crippen LogP contribution < -0.4 is 5.32 Å². The lowest BCUT2D eigenvalue weighted by Crippen LogP contribution is -2.24. The largest absolute Gasteiger partial charge is 0.508 e. The lowest BCUT2D eigenvalue weighted by Gasteiger charge is -2.08. The summed E-state index contributed by atoms with van der Waals surface area (Å²) in [5.41, 5.74) is 0.246. The van der Waals surface area contributed by atoms with E-state index in [1.165, 1.54) is 18.2 Å². The van der Waals surface area contributed by atoms with Gasteiger partial charge in [-0.3, -0.25) is 4.79 Å². The van der Waals surface area contributed by atoms with Gasteiger partial charge in [0.2, 0.25) is 0 Å². The van der Waals surface area contributed by atoms with E-state index in [0.717, 1.165) is 12.8 Å². The number of nitrogens with one attached hydrogen (secondary N) is 1. The van der Waals surface area contributed by atoms with Crippen LogP contribution in [-0.4, -0.2) is 35.4 Å². The summed E-state index contributed by atoms with van der Waals surface area (Å²) in [6.07, 6.45) is 1.93. The second-order valence-corrected chi connectivity index (χ2v) is 4.62. The van der Waals surface area contributed by atoms with Crippen molar-refractivity contribution >= 4 is 5.91 Å². The summed E-state index contributed by atoms with van der Waals surface area (Å²) < 4.78 is 5.39. The third-order valence-corrected chi connectivity index (χ3v) is 2.47. The molecular formula is C14H21NO4. The Morgan fingerprint density at radius 1 is 1.21 bits per heavy atom. The number of hydrogen-bond acceptors (Lipinski definition) is 4. The second kappa shape index (κ2) is 7.63. The molecule has 3 N–H and O–H groups in total. The molecule has 0 saturated carbocycles. The zero-order chi connectivity index (χ0) is 14.3. The predicted octanol–water partition coefficient (Wildman–Crippen LogP) is 2.03. The van der Waals surface area contributed by atoms with Crippen molar-refractivity contribution in [3.05, 3.63) is 23.8 Å². The lowest BCUT2D eigenvalue weighted by molar-refractivity contribution is 0.0754. The van der Waals surface area contributed by atoms with Crippen LogP contribution in [0.2, 0.25) is 0 Å².